The second kappa shape index (κ2) is 6.19. The lowest BCUT2D eigenvalue weighted by atomic mass is 10.2. The number of rotatable bonds is 4. The SMILES string of the molecule is CC(C)c1nc(SCC(=O)N2CCOCC2)n[nH]1. The molecule has 1 aliphatic heterocycles. The number of H-pyrrole nitrogens is 1. The molecule has 2 heterocycles. The van der Waals surface area contributed by atoms with E-state index in [2.05, 4.69) is 15.2 Å². The van der Waals surface area contributed by atoms with Gasteiger partial charge in [-0.15, -0.1) is 5.10 Å². The summed E-state index contributed by atoms with van der Waals surface area (Å²) < 4.78 is 5.21. The van der Waals surface area contributed by atoms with Gasteiger partial charge in [-0.3, -0.25) is 9.89 Å². The van der Waals surface area contributed by atoms with Gasteiger partial charge in [-0.05, 0) is 0 Å². The molecule has 0 unspecified atom stereocenters. The lowest BCUT2D eigenvalue weighted by molar-refractivity contribution is -0.132. The quantitative estimate of drug-likeness (QED) is 0.822. The first kappa shape index (κ1) is 13.4. The topological polar surface area (TPSA) is 71.1 Å². The largest absolute Gasteiger partial charge is 0.378 e. The Morgan fingerprint density at radius 2 is 2.22 bits per heavy atom. The number of hydrogen-bond donors (Lipinski definition) is 1. The summed E-state index contributed by atoms with van der Waals surface area (Å²) in [4.78, 5) is 18.0. The molecule has 100 valence electrons. The van der Waals surface area contributed by atoms with Crippen molar-refractivity contribution in [3.8, 4) is 0 Å². The summed E-state index contributed by atoms with van der Waals surface area (Å²) in [6, 6.07) is 0. The van der Waals surface area contributed by atoms with Crippen LogP contribution in [0.4, 0.5) is 0 Å². The summed E-state index contributed by atoms with van der Waals surface area (Å²) >= 11 is 1.37. The van der Waals surface area contributed by atoms with E-state index in [4.69, 9.17) is 4.74 Å². The van der Waals surface area contributed by atoms with Crippen molar-refractivity contribution in [3.05, 3.63) is 5.82 Å². The minimum Gasteiger partial charge on any atom is -0.378 e. The van der Waals surface area contributed by atoms with Crippen molar-refractivity contribution >= 4 is 17.7 Å². The van der Waals surface area contributed by atoms with Crippen molar-refractivity contribution in [2.24, 2.45) is 0 Å². The highest BCUT2D eigenvalue weighted by Gasteiger charge is 2.17. The third kappa shape index (κ3) is 3.46. The fourth-order valence-corrected chi connectivity index (χ4v) is 2.32. The number of carbonyl (C=O) groups excluding carboxylic acids is 1. The van der Waals surface area contributed by atoms with Crippen molar-refractivity contribution in [1.82, 2.24) is 20.1 Å². The molecule has 7 heteroatoms. The molecule has 1 N–H and O–H groups in total. The highest BCUT2D eigenvalue weighted by molar-refractivity contribution is 7.99. The summed E-state index contributed by atoms with van der Waals surface area (Å²) in [5.74, 6) is 1.69. The van der Waals surface area contributed by atoms with Crippen LogP contribution in [0.5, 0.6) is 0 Å². The van der Waals surface area contributed by atoms with Gasteiger partial charge in [0.2, 0.25) is 11.1 Å². The average molecular weight is 270 g/mol. The van der Waals surface area contributed by atoms with Gasteiger partial charge in [0.25, 0.3) is 0 Å². The Bertz CT molecular complexity index is 402. The van der Waals surface area contributed by atoms with E-state index in [1.807, 2.05) is 18.7 Å². The molecule has 0 spiro atoms. The number of morpholine rings is 1. The summed E-state index contributed by atoms with van der Waals surface area (Å²) in [7, 11) is 0. The number of ether oxygens (including phenoxy) is 1. The maximum absolute atomic E-state index is 11.9. The van der Waals surface area contributed by atoms with Gasteiger partial charge < -0.3 is 9.64 Å². The van der Waals surface area contributed by atoms with Crippen molar-refractivity contribution in [3.63, 3.8) is 0 Å². The fraction of sp³-hybridized carbons (Fsp3) is 0.727. The Kier molecular flexibility index (Phi) is 4.60. The Labute approximate surface area is 110 Å². The zero-order valence-corrected chi connectivity index (χ0v) is 11.5. The predicted octanol–water partition coefficient (Wildman–Crippen LogP) is 0.879. The van der Waals surface area contributed by atoms with Crippen LogP contribution in [-0.4, -0.2) is 58.0 Å². The second-order valence-electron chi connectivity index (χ2n) is 4.44. The minimum absolute atomic E-state index is 0.124. The number of aromatic nitrogens is 3. The number of carbonyl (C=O) groups is 1. The lowest BCUT2D eigenvalue weighted by Gasteiger charge is -2.26. The molecule has 1 aliphatic rings. The minimum atomic E-state index is 0.124. The van der Waals surface area contributed by atoms with E-state index in [0.717, 1.165) is 5.82 Å². The van der Waals surface area contributed by atoms with Gasteiger partial charge in [-0.25, -0.2) is 4.98 Å². The monoisotopic (exact) mass is 270 g/mol. The Morgan fingerprint density at radius 3 is 2.83 bits per heavy atom. The molecule has 0 saturated carbocycles. The number of hydrogen-bond acceptors (Lipinski definition) is 5. The average Bonchev–Trinajstić information content (AvgIpc) is 2.86. The molecule has 0 bridgehead atoms. The molecular weight excluding hydrogens is 252 g/mol. The normalized spacial score (nSPS) is 16.3. The maximum atomic E-state index is 11.9. The molecule has 18 heavy (non-hydrogen) atoms. The van der Waals surface area contributed by atoms with Gasteiger partial charge in [-0.1, -0.05) is 25.6 Å². The fourth-order valence-electron chi connectivity index (χ4n) is 1.61. The first-order valence-corrected chi connectivity index (χ1v) is 7.06. The third-order valence-corrected chi connectivity index (χ3v) is 3.55. The zero-order chi connectivity index (χ0) is 13.0. The van der Waals surface area contributed by atoms with Gasteiger partial charge in [0.1, 0.15) is 5.82 Å². The van der Waals surface area contributed by atoms with Crippen LogP contribution >= 0.6 is 11.8 Å². The molecule has 0 aliphatic carbocycles. The molecule has 0 aromatic carbocycles. The molecule has 2 rings (SSSR count). The molecule has 1 aromatic heterocycles. The summed E-state index contributed by atoms with van der Waals surface area (Å²) in [5.41, 5.74) is 0. The van der Waals surface area contributed by atoms with Crippen LogP contribution in [-0.2, 0) is 9.53 Å². The van der Waals surface area contributed by atoms with E-state index in [1.54, 1.807) is 0 Å². The molecule has 0 atom stereocenters. The highest BCUT2D eigenvalue weighted by atomic mass is 32.2. The maximum Gasteiger partial charge on any atom is 0.233 e. The Morgan fingerprint density at radius 1 is 1.50 bits per heavy atom. The van der Waals surface area contributed by atoms with E-state index in [1.165, 1.54) is 11.8 Å². The van der Waals surface area contributed by atoms with Crippen LogP contribution in [0.25, 0.3) is 0 Å². The highest BCUT2D eigenvalue weighted by Crippen LogP contribution is 2.16. The zero-order valence-electron chi connectivity index (χ0n) is 10.7. The smallest absolute Gasteiger partial charge is 0.233 e. The molecule has 0 radical (unpaired) electrons. The Balaban J connectivity index is 1.81. The first-order chi connectivity index (χ1) is 8.66. The number of aromatic amines is 1. The van der Waals surface area contributed by atoms with E-state index < -0.39 is 0 Å². The van der Waals surface area contributed by atoms with Gasteiger partial charge in [0.05, 0.1) is 19.0 Å². The van der Waals surface area contributed by atoms with E-state index in [9.17, 15) is 4.79 Å². The summed E-state index contributed by atoms with van der Waals surface area (Å²) in [6.07, 6.45) is 0. The van der Waals surface area contributed by atoms with Crippen LogP contribution in [0.15, 0.2) is 5.16 Å². The number of amides is 1. The van der Waals surface area contributed by atoms with Crippen LogP contribution < -0.4 is 0 Å². The van der Waals surface area contributed by atoms with Crippen molar-refractivity contribution in [1.29, 1.82) is 0 Å². The third-order valence-electron chi connectivity index (χ3n) is 2.72. The molecule has 1 fully saturated rings. The molecule has 1 saturated heterocycles. The number of nitrogens with zero attached hydrogens (tertiary/aromatic N) is 3. The van der Waals surface area contributed by atoms with Gasteiger partial charge in [-0.2, -0.15) is 0 Å². The molecule has 1 aromatic rings. The van der Waals surface area contributed by atoms with Crippen LogP contribution in [0.1, 0.15) is 25.6 Å². The van der Waals surface area contributed by atoms with Gasteiger partial charge >= 0.3 is 0 Å². The molecule has 6 nitrogen and oxygen atoms in total. The molecular formula is C11H18N4O2S. The van der Waals surface area contributed by atoms with Crippen LogP contribution in [0, 0.1) is 0 Å². The van der Waals surface area contributed by atoms with Crippen molar-refractivity contribution < 1.29 is 9.53 Å². The first-order valence-electron chi connectivity index (χ1n) is 6.07. The Hall–Kier alpha value is -1.08. The molecule has 1 amide bonds. The van der Waals surface area contributed by atoms with E-state index in [-0.39, 0.29) is 5.91 Å². The van der Waals surface area contributed by atoms with Gasteiger partial charge in [0.15, 0.2) is 0 Å². The van der Waals surface area contributed by atoms with Crippen LogP contribution in [0.3, 0.4) is 0 Å². The van der Waals surface area contributed by atoms with Gasteiger partial charge in [0, 0.05) is 19.0 Å². The van der Waals surface area contributed by atoms with E-state index >= 15 is 0 Å². The van der Waals surface area contributed by atoms with Crippen molar-refractivity contribution in [2.45, 2.75) is 24.9 Å². The van der Waals surface area contributed by atoms with Crippen molar-refractivity contribution in [2.75, 3.05) is 32.1 Å². The number of thioether (sulfide) groups is 1. The second-order valence-corrected chi connectivity index (χ2v) is 5.38. The predicted molar refractivity (Wildman–Crippen MR) is 68.6 cm³/mol. The lowest BCUT2D eigenvalue weighted by Crippen LogP contribution is -2.41. The van der Waals surface area contributed by atoms with E-state index in [0.29, 0.717) is 43.1 Å². The summed E-state index contributed by atoms with van der Waals surface area (Å²) in [5, 5.41) is 7.61. The number of nitrogens with one attached hydrogen (secondary N) is 1. The standard InChI is InChI=1S/C11H18N4O2S/c1-8(2)10-12-11(14-13-10)18-7-9(16)15-3-5-17-6-4-15/h8H,3-7H2,1-2H3,(H,12,13,14). The summed E-state index contributed by atoms with van der Waals surface area (Å²) in [6.45, 7) is 6.74. The van der Waals surface area contributed by atoms with Crippen LogP contribution in [0.2, 0.25) is 0 Å².